The normalized spacial score (nSPS) is 11.8. The lowest BCUT2D eigenvalue weighted by Gasteiger charge is -2.11. The molecule has 0 aliphatic heterocycles. The molecule has 0 fully saturated rings. The average molecular weight is 284 g/mol. The van der Waals surface area contributed by atoms with Crippen LogP contribution in [0.5, 0.6) is 0 Å². The quantitative estimate of drug-likeness (QED) is 0.797. The van der Waals surface area contributed by atoms with E-state index in [-0.39, 0.29) is 6.03 Å². The number of aliphatic hydroxyl groups excluding tert-OH is 1. The number of aliphatic hydroxyl groups is 1. The summed E-state index contributed by atoms with van der Waals surface area (Å²) in [4.78, 5) is 12.0. The standard InChI is InChI=1S/C17H20N2O2/c1-11-4-5-12(2)16(10-11)19-17(21)18-15-8-6-14(7-9-15)13(3)20/h4-10,13,20H,1-3H3,(H2,18,19,21). The molecule has 3 N–H and O–H groups in total. The lowest BCUT2D eigenvalue weighted by molar-refractivity contribution is 0.199. The summed E-state index contributed by atoms with van der Waals surface area (Å²) in [5.41, 5.74) is 4.41. The molecule has 2 amide bonds. The number of aryl methyl sites for hydroxylation is 2. The number of urea groups is 1. The van der Waals surface area contributed by atoms with E-state index in [9.17, 15) is 9.90 Å². The van der Waals surface area contributed by atoms with Crippen molar-refractivity contribution in [3.63, 3.8) is 0 Å². The highest BCUT2D eigenvalue weighted by atomic mass is 16.3. The van der Waals surface area contributed by atoms with Gasteiger partial charge in [0.1, 0.15) is 0 Å². The summed E-state index contributed by atoms with van der Waals surface area (Å²) in [7, 11) is 0. The first-order valence-electron chi connectivity index (χ1n) is 6.89. The number of carbonyl (C=O) groups is 1. The van der Waals surface area contributed by atoms with Crippen LogP contribution >= 0.6 is 0 Å². The molecule has 0 bridgehead atoms. The Kier molecular flexibility index (Phi) is 4.60. The molecule has 0 radical (unpaired) electrons. The van der Waals surface area contributed by atoms with Crippen LogP contribution < -0.4 is 10.6 Å². The van der Waals surface area contributed by atoms with Crippen LogP contribution in [-0.2, 0) is 0 Å². The summed E-state index contributed by atoms with van der Waals surface area (Å²) in [5.74, 6) is 0. The predicted octanol–water partition coefficient (Wildman–Crippen LogP) is 4.00. The minimum Gasteiger partial charge on any atom is -0.389 e. The van der Waals surface area contributed by atoms with Crippen molar-refractivity contribution in [1.82, 2.24) is 0 Å². The van der Waals surface area contributed by atoms with E-state index in [4.69, 9.17) is 0 Å². The smallest absolute Gasteiger partial charge is 0.323 e. The van der Waals surface area contributed by atoms with E-state index in [0.29, 0.717) is 5.69 Å². The topological polar surface area (TPSA) is 61.4 Å². The van der Waals surface area contributed by atoms with Crippen molar-refractivity contribution in [3.8, 4) is 0 Å². The highest BCUT2D eigenvalue weighted by Crippen LogP contribution is 2.18. The molecule has 0 aromatic heterocycles. The van der Waals surface area contributed by atoms with Gasteiger partial charge in [-0.05, 0) is 55.7 Å². The number of carbonyl (C=O) groups excluding carboxylic acids is 1. The third kappa shape index (κ3) is 4.07. The first kappa shape index (κ1) is 15.1. The van der Waals surface area contributed by atoms with E-state index < -0.39 is 6.10 Å². The van der Waals surface area contributed by atoms with Crippen molar-refractivity contribution in [2.75, 3.05) is 10.6 Å². The molecule has 0 saturated heterocycles. The molecular formula is C17H20N2O2. The van der Waals surface area contributed by atoms with Gasteiger partial charge in [0.25, 0.3) is 0 Å². The molecule has 0 saturated carbocycles. The van der Waals surface area contributed by atoms with Crippen LogP contribution in [0.25, 0.3) is 0 Å². The molecule has 0 aliphatic rings. The number of amides is 2. The molecule has 4 heteroatoms. The van der Waals surface area contributed by atoms with Gasteiger partial charge in [0.15, 0.2) is 0 Å². The average Bonchev–Trinajstić information content (AvgIpc) is 2.43. The number of hydrogen-bond donors (Lipinski definition) is 3. The molecule has 1 atom stereocenters. The second kappa shape index (κ2) is 6.41. The summed E-state index contributed by atoms with van der Waals surface area (Å²) < 4.78 is 0. The van der Waals surface area contributed by atoms with Crippen molar-refractivity contribution in [2.45, 2.75) is 26.9 Å². The zero-order chi connectivity index (χ0) is 15.4. The second-order valence-electron chi connectivity index (χ2n) is 5.20. The molecule has 2 aromatic rings. The Morgan fingerprint density at radius 3 is 2.33 bits per heavy atom. The number of nitrogens with one attached hydrogen (secondary N) is 2. The first-order valence-corrected chi connectivity index (χ1v) is 6.89. The zero-order valence-electron chi connectivity index (χ0n) is 12.5. The van der Waals surface area contributed by atoms with E-state index in [1.54, 1.807) is 31.2 Å². The third-order valence-corrected chi connectivity index (χ3v) is 3.29. The second-order valence-corrected chi connectivity index (χ2v) is 5.20. The lowest BCUT2D eigenvalue weighted by Crippen LogP contribution is -2.20. The maximum atomic E-state index is 12.0. The van der Waals surface area contributed by atoms with Gasteiger partial charge in [0, 0.05) is 11.4 Å². The summed E-state index contributed by atoms with van der Waals surface area (Å²) in [6.07, 6.45) is -0.511. The maximum Gasteiger partial charge on any atom is 0.323 e. The highest BCUT2D eigenvalue weighted by Gasteiger charge is 2.06. The van der Waals surface area contributed by atoms with E-state index in [0.717, 1.165) is 22.4 Å². The summed E-state index contributed by atoms with van der Waals surface area (Å²) in [6, 6.07) is 12.8. The van der Waals surface area contributed by atoms with E-state index in [2.05, 4.69) is 10.6 Å². The van der Waals surface area contributed by atoms with E-state index >= 15 is 0 Å². The van der Waals surface area contributed by atoms with Gasteiger partial charge < -0.3 is 15.7 Å². The first-order chi connectivity index (χ1) is 9.95. The highest BCUT2D eigenvalue weighted by molar-refractivity contribution is 6.00. The van der Waals surface area contributed by atoms with Crippen LogP contribution in [0.1, 0.15) is 29.7 Å². The molecule has 4 nitrogen and oxygen atoms in total. The van der Waals surface area contributed by atoms with Gasteiger partial charge in [0.2, 0.25) is 0 Å². The fourth-order valence-corrected chi connectivity index (χ4v) is 2.00. The molecule has 21 heavy (non-hydrogen) atoms. The Morgan fingerprint density at radius 2 is 1.71 bits per heavy atom. The summed E-state index contributed by atoms with van der Waals surface area (Å²) >= 11 is 0. The van der Waals surface area contributed by atoms with Crippen molar-refractivity contribution in [3.05, 3.63) is 59.2 Å². The fourth-order valence-electron chi connectivity index (χ4n) is 2.00. The molecule has 2 aromatic carbocycles. The van der Waals surface area contributed by atoms with Crippen LogP contribution in [0.15, 0.2) is 42.5 Å². The molecular weight excluding hydrogens is 264 g/mol. The Balaban J connectivity index is 2.03. The van der Waals surface area contributed by atoms with Gasteiger partial charge in [-0.15, -0.1) is 0 Å². The number of anilines is 2. The monoisotopic (exact) mass is 284 g/mol. The largest absolute Gasteiger partial charge is 0.389 e. The summed E-state index contributed by atoms with van der Waals surface area (Å²) in [5, 5.41) is 15.1. The van der Waals surface area contributed by atoms with Gasteiger partial charge in [-0.3, -0.25) is 0 Å². The maximum absolute atomic E-state index is 12.0. The Morgan fingerprint density at radius 1 is 1.05 bits per heavy atom. The van der Waals surface area contributed by atoms with Crippen LogP contribution in [0.3, 0.4) is 0 Å². The fraction of sp³-hybridized carbons (Fsp3) is 0.235. The van der Waals surface area contributed by atoms with Gasteiger partial charge >= 0.3 is 6.03 Å². The predicted molar refractivity (Wildman–Crippen MR) is 85.6 cm³/mol. The van der Waals surface area contributed by atoms with Gasteiger partial charge in [-0.1, -0.05) is 24.3 Å². The van der Waals surface area contributed by atoms with Crippen LogP contribution in [0.4, 0.5) is 16.2 Å². The lowest BCUT2D eigenvalue weighted by atomic mass is 10.1. The Bertz CT molecular complexity index is 634. The Labute approximate surface area is 124 Å². The van der Waals surface area contributed by atoms with Crippen LogP contribution in [-0.4, -0.2) is 11.1 Å². The molecule has 0 spiro atoms. The van der Waals surface area contributed by atoms with Crippen molar-refractivity contribution >= 4 is 17.4 Å². The van der Waals surface area contributed by atoms with Gasteiger partial charge in [-0.25, -0.2) is 4.79 Å². The van der Waals surface area contributed by atoms with Crippen molar-refractivity contribution < 1.29 is 9.90 Å². The number of benzene rings is 2. The minimum atomic E-state index is -0.511. The summed E-state index contributed by atoms with van der Waals surface area (Å²) in [6.45, 7) is 5.64. The van der Waals surface area contributed by atoms with Crippen molar-refractivity contribution in [1.29, 1.82) is 0 Å². The van der Waals surface area contributed by atoms with Gasteiger partial charge in [-0.2, -0.15) is 0 Å². The van der Waals surface area contributed by atoms with E-state index in [1.807, 2.05) is 32.0 Å². The van der Waals surface area contributed by atoms with Crippen molar-refractivity contribution in [2.24, 2.45) is 0 Å². The van der Waals surface area contributed by atoms with Crippen LogP contribution in [0, 0.1) is 13.8 Å². The SMILES string of the molecule is Cc1ccc(C)c(NC(=O)Nc2ccc(C(C)O)cc2)c1. The van der Waals surface area contributed by atoms with Crippen LogP contribution in [0.2, 0.25) is 0 Å². The van der Waals surface area contributed by atoms with E-state index in [1.165, 1.54) is 0 Å². The number of hydrogen-bond acceptors (Lipinski definition) is 2. The zero-order valence-corrected chi connectivity index (χ0v) is 12.5. The molecule has 2 rings (SSSR count). The molecule has 110 valence electrons. The van der Waals surface area contributed by atoms with Gasteiger partial charge in [0.05, 0.1) is 6.10 Å². The molecule has 0 aliphatic carbocycles. The third-order valence-electron chi connectivity index (χ3n) is 3.29. The minimum absolute atomic E-state index is 0.284. The molecule has 1 unspecified atom stereocenters. The Hall–Kier alpha value is -2.33. The molecule has 0 heterocycles. The number of rotatable bonds is 3.